The van der Waals surface area contributed by atoms with Crippen LogP contribution in [0.15, 0.2) is 0 Å². The van der Waals surface area contributed by atoms with Crippen molar-refractivity contribution in [1.82, 2.24) is 4.90 Å². The lowest BCUT2D eigenvalue weighted by Gasteiger charge is -2.54. The summed E-state index contributed by atoms with van der Waals surface area (Å²) in [5, 5.41) is 0. The van der Waals surface area contributed by atoms with Crippen molar-refractivity contribution in [3.63, 3.8) is 0 Å². The van der Waals surface area contributed by atoms with E-state index in [1.165, 1.54) is 0 Å². The number of hydrogen-bond acceptors (Lipinski definition) is 4. The average molecular weight is 212 g/mol. The maximum absolute atomic E-state index is 11.4. The first-order valence-corrected chi connectivity index (χ1v) is 5.59. The van der Waals surface area contributed by atoms with E-state index >= 15 is 0 Å². The van der Waals surface area contributed by atoms with Crippen LogP contribution in [-0.2, 0) is 9.47 Å². The topological polar surface area (TPSA) is 64.8 Å². The van der Waals surface area contributed by atoms with Crippen molar-refractivity contribution >= 4 is 6.09 Å². The molecule has 1 amide bonds. The standard InChI is InChI=1S/C10H16N2O3/c11-7-6-2-1-4-14-9(6)8(7)12-3-5-15-10(12)13/h6-9H,1-5,11H2. The van der Waals surface area contributed by atoms with Gasteiger partial charge >= 0.3 is 6.09 Å². The molecule has 2 N–H and O–H groups in total. The largest absolute Gasteiger partial charge is 0.448 e. The highest BCUT2D eigenvalue weighted by Crippen LogP contribution is 2.40. The smallest absolute Gasteiger partial charge is 0.410 e. The lowest BCUT2D eigenvalue weighted by Crippen LogP contribution is -2.72. The Morgan fingerprint density at radius 3 is 3.00 bits per heavy atom. The van der Waals surface area contributed by atoms with Gasteiger partial charge in [0.25, 0.3) is 0 Å². The van der Waals surface area contributed by atoms with Gasteiger partial charge in [-0.1, -0.05) is 0 Å². The van der Waals surface area contributed by atoms with Gasteiger partial charge in [-0.3, -0.25) is 4.90 Å². The number of carbonyl (C=O) groups excluding carboxylic acids is 1. The van der Waals surface area contributed by atoms with Crippen LogP contribution in [0.25, 0.3) is 0 Å². The second kappa shape index (κ2) is 3.35. The molecule has 4 unspecified atom stereocenters. The molecular weight excluding hydrogens is 196 g/mol. The zero-order valence-electron chi connectivity index (χ0n) is 8.59. The lowest BCUT2D eigenvalue weighted by molar-refractivity contribution is -0.143. The molecule has 84 valence electrons. The molecule has 1 saturated carbocycles. The number of fused-ring (bicyclic) bond motifs is 1. The highest BCUT2D eigenvalue weighted by atomic mass is 16.6. The van der Waals surface area contributed by atoms with Crippen molar-refractivity contribution < 1.29 is 14.3 Å². The maximum atomic E-state index is 11.4. The summed E-state index contributed by atoms with van der Waals surface area (Å²) in [5.74, 6) is 0.442. The van der Waals surface area contributed by atoms with E-state index in [1.807, 2.05) is 0 Å². The average Bonchev–Trinajstić information content (AvgIpc) is 2.65. The van der Waals surface area contributed by atoms with Gasteiger partial charge < -0.3 is 15.2 Å². The van der Waals surface area contributed by atoms with Crippen molar-refractivity contribution in [1.29, 1.82) is 0 Å². The van der Waals surface area contributed by atoms with Gasteiger partial charge in [-0.05, 0) is 12.8 Å². The summed E-state index contributed by atoms with van der Waals surface area (Å²) in [7, 11) is 0. The molecule has 1 aliphatic carbocycles. The molecule has 2 heterocycles. The molecule has 0 aromatic heterocycles. The van der Waals surface area contributed by atoms with Crippen LogP contribution in [0.5, 0.6) is 0 Å². The van der Waals surface area contributed by atoms with Gasteiger partial charge in [-0.25, -0.2) is 4.79 Å². The first-order chi connectivity index (χ1) is 7.29. The third kappa shape index (κ3) is 1.26. The predicted octanol–water partition coefficient (Wildman–Crippen LogP) is -0.0567. The van der Waals surface area contributed by atoms with Crippen LogP contribution < -0.4 is 5.73 Å². The zero-order chi connectivity index (χ0) is 10.4. The second-order valence-corrected chi connectivity index (χ2v) is 4.52. The van der Waals surface area contributed by atoms with E-state index in [1.54, 1.807) is 4.90 Å². The van der Waals surface area contributed by atoms with E-state index in [0.717, 1.165) is 19.4 Å². The van der Waals surface area contributed by atoms with Crippen LogP contribution in [0.2, 0.25) is 0 Å². The van der Waals surface area contributed by atoms with E-state index in [4.69, 9.17) is 15.2 Å². The monoisotopic (exact) mass is 212 g/mol. The summed E-state index contributed by atoms with van der Waals surface area (Å²) in [5.41, 5.74) is 6.09. The Labute approximate surface area is 88.5 Å². The SMILES string of the molecule is NC1C2CCCOC2C1N1CCOC1=O. The summed E-state index contributed by atoms with van der Waals surface area (Å²) in [4.78, 5) is 13.2. The maximum Gasteiger partial charge on any atom is 0.410 e. The molecular formula is C10H16N2O3. The van der Waals surface area contributed by atoms with Crippen molar-refractivity contribution in [3.8, 4) is 0 Å². The van der Waals surface area contributed by atoms with E-state index in [2.05, 4.69) is 0 Å². The molecule has 0 aromatic carbocycles. The minimum Gasteiger partial charge on any atom is -0.448 e. The van der Waals surface area contributed by atoms with E-state index < -0.39 is 0 Å². The molecule has 5 heteroatoms. The molecule has 0 radical (unpaired) electrons. The molecule has 0 bridgehead atoms. The molecule has 2 aliphatic heterocycles. The molecule has 3 aliphatic rings. The van der Waals surface area contributed by atoms with Gasteiger partial charge in [0, 0.05) is 18.6 Å². The molecule has 4 atom stereocenters. The van der Waals surface area contributed by atoms with Gasteiger partial charge in [-0.2, -0.15) is 0 Å². The minimum absolute atomic E-state index is 0.0466. The fourth-order valence-corrected chi connectivity index (χ4v) is 2.98. The predicted molar refractivity (Wildman–Crippen MR) is 52.3 cm³/mol. The Morgan fingerprint density at radius 1 is 1.40 bits per heavy atom. The number of rotatable bonds is 1. The number of nitrogens with zero attached hydrogens (tertiary/aromatic N) is 1. The number of cyclic esters (lactones) is 1. The summed E-state index contributed by atoms with van der Waals surface area (Å²) in [6.07, 6.45) is 2.14. The fourth-order valence-electron chi connectivity index (χ4n) is 2.98. The summed E-state index contributed by atoms with van der Waals surface area (Å²) in [6.45, 7) is 1.94. The lowest BCUT2D eigenvalue weighted by atomic mass is 9.68. The molecule has 2 saturated heterocycles. The van der Waals surface area contributed by atoms with E-state index in [0.29, 0.717) is 19.1 Å². The van der Waals surface area contributed by atoms with Crippen molar-refractivity contribution in [2.75, 3.05) is 19.8 Å². The summed E-state index contributed by atoms with van der Waals surface area (Å²) < 4.78 is 10.6. The van der Waals surface area contributed by atoms with Crippen LogP contribution in [0.3, 0.4) is 0 Å². The van der Waals surface area contributed by atoms with Gasteiger partial charge in [0.2, 0.25) is 0 Å². The van der Waals surface area contributed by atoms with Crippen LogP contribution >= 0.6 is 0 Å². The fraction of sp³-hybridized carbons (Fsp3) is 0.900. The first-order valence-electron chi connectivity index (χ1n) is 5.59. The third-order valence-corrected chi connectivity index (χ3v) is 3.79. The number of nitrogens with two attached hydrogens (primary N) is 1. The van der Waals surface area contributed by atoms with E-state index in [9.17, 15) is 4.79 Å². The minimum atomic E-state index is -0.233. The van der Waals surface area contributed by atoms with Crippen molar-refractivity contribution in [2.24, 2.45) is 11.7 Å². The highest BCUT2D eigenvalue weighted by Gasteiger charge is 2.55. The number of hydrogen-bond donors (Lipinski definition) is 1. The Balaban J connectivity index is 1.73. The number of amides is 1. The summed E-state index contributed by atoms with van der Waals surface area (Å²) >= 11 is 0. The first kappa shape index (κ1) is 9.42. The van der Waals surface area contributed by atoms with Gasteiger partial charge in [0.05, 0.1) is 18.7 Å². The molecule has 0 aromatic rings. The third-order valence-electron chi connectivity index (χ3n) is 3.79. The highest BCUT2D eigenvalue weighted by molar-refractivity contribution is 5.70. The molecule has 3 fully saturated rings. The Bertz CT molecular complexity index is 284. The van der Waals surface area contributed by atoms with Gasteiger partial charge in [0.15, 0.2) is 0 Å². The molecule has 15 heavy (non-hydrogen) atoms. The second-order valence-electron chi connectivity index (χ2n) is 4.52. The van der Waals surface area contributed by atoms with Gasteiger partial charge in [0.1, 0.15) is 6.61 Å². The van der Waals surface area contributed by atoms with Crippen LogP contribution in [-0.4, -0.2) is 48.9 Å². The van der Waals surface area contributed by atoms with E-state index in [-0.39, 0.29) is 24.3 Å². The van der Waals surface area contributed by atoms with Crippen molar-refractivity contribution in [3.05, 3.63) is 0 Å². The quantitative estimate of drug-likeness (QED) is 0.661. The summed E-state index contributed by atoms with van der Waals surface area (Å²) in [6, 6.07) is 0.117. The van der Waals surface area contributed by atoms with Crippen LogP contribution in [0.1, 0.15) is 12.8 Å². The van der Waals surface area contributed by atoms with Crippen molar-refractivity contribution in [2.45, 2.75) is 31.0 Å². The Kier molecular flexibility index (Phi) is 2.10. The number of ether oxygens (including phenoxy) is 2. The van der Waals surface area contributed by atoms with Crippen LogP contribution in [0.4, 0.5) is 4.79 Å². The molecule has 3 rings (SSSR count). The van der Waals surface area contributed by atoms with Crippen LogP contribution in [0, 0.1) is 5.92 Å². The normalized spacial score (nSPS) is 44.6. The number of carbonyl (C=O) groups is 1. The molecule has 0 spiro atoms. The Morgan fingerprint density at radius 2 is 2.27 bits per heavy atom. The Hall–Kier alpha value is -0.810. The van der Waals surface area contributed by atoms with Gasteiger partial charge in [-0.15, -0.1) is 0 Å². The molecule has 5 nitrogen and oxygen atoms in total. The zero-order valence-corrected chi connectivity index (χ0v) is 8.59.